The van der Waals surface area contributed by atoms with Gasteiger partial charge in [-0.1, -0.05) is 12.1 Å². The maximum atomic E-state index is 13.2. The lowest BCUT2D eigenvalue weighted by molar-refractivity contribution is -0.399. The Labute approximate surface area is 147 Å². The first kappa shape index (κ1) is 16.9. The first-order valence-electron chi connectivity index (χ1n) is 8.83. The summed E-state index contributed by atoms with van der Waals surface area (Å²) in [5.41, 5.74) is -0.523. The van der Waals surface area contributed by atoms with Crippen molar-refractivity contribution in [3.63, 3.8) is 0 Å². The van der Waals surface area contributed by atoms with Crippen molar-refractivity contribution in [1.29, 1.82) is 0 Å². The second kappa shape index (κ2) is 5.50. The van der Waals surface area contributed by atoms with E-state index in [9.17, 15) is 9.18 Å². The van der Waals surface area contributed by atoms with Gasteiger partial charge in [0.15, 0.2) is 5.54 Å². The minimum atomic E-state index is -0.794. The van der Waals surface area contributed by atoms with Crippen molar-refractivity contribution in [2.24, 2.45) is 5.92 Å². The zero-order chi connectivity index (χ0) is 17.9. The van der Waals surface area contributed by atoms with Crippen molar-refractivity contribution < 1.29 is 23.5 Å². The summed E-state index contributed by atoms with van der Waals surface area (Å²) in [6.45, 7) is 7.21. The van der Waals surface area contributed by atoms with E-state index >= 15 is 0 Å². The standard InChI is InChI=1S/C19H24FNO4/c1-4-24-16(22)19-10-17(2,3)25-21(19)18(11-23-12-18)15(19)9-13-5-7-14(20)8-6-13/h5-8,15H,4,9-12H2,1-3H3. The number of esters is 1. The van der Waals surface area contributed by atoms with Gasteiger partial charge in [-0.25, -0.2) is 9.18 Å². The predicted molar refractivity (Wildman–Crippen MR) is 88.1 cm³/mol. The van der Waals surface area contributed by atoms with Crippen molar-refractivity contribution in [2.75, 3.05) is 19.8 Å². The number of hydrogen-bond acceptors (Lipinski definition) is 5. The van der Waals surface area contributed by atoms with Gasteiger partial charge in [0.1, 0.15) is 5.82 Å². The summed E-state index contributed by atoms with van der Waals surface area (Å²) >= 11 is 0. The number of ether oxygens (including phenoxy) is 2. The Hall–Kier alpha value is -1.50. The van der Waals surface area contributed by atoms with Crippen LogP contribution in [0.15, 0.2) is 24.3 Å². The lowest BCUT2D eigenvalue weighted by Crippen LogP contribution is -2.87. The summed E-state index contributed by atoms with van der Waals surface area (Å²) < 4.78 is 24.2. The zero-order valence-corrected chi connectivity index (χ0v) is 14.9. The molecule has 2 atom stereocenters. The average Bonchev–Trinajstić information content (AvgIpc) is 2.76. The molecule has 3 saturated heterocycles. The normalized spacial score (nSPS) is 31.9. The highest BCUT2D eigenvalue weighted by Gasteiger charge is 2.80. The van der Waals surface area contributed by atoms with E-state index in [-0.39, 0.29) is 23.2 Å². The molecule has 3 heterocycles. The minimum absolute atomic E-state index is 0.0139. The Kier molecular flexibility index (Phi) is 3.72. The monoisotopic (exact) mass is 349 g/mol. The van der Waals surface area contributed by atoms with E-state index in [4.69, 9.17) is 14.3 Å². The third-order valence-electron chi connectivity index (χ3n) is 5.71. The highest BCUT2D eigenvalue weighted by atomic mass is 19.1. The molecule has 25 heavy (non-hydrogen) atoms. The summed E-state index contributed by atoms with van der Waals surface area (Å²) in [6.07, 6.45) is 1.24. The molecule has 5 nitrogen and oxygen atoms in total. The fourth-order valence-corrected chi connectivity index (χ4v) is 4.75. The highest BCUT2D eigenvalue weighted by Crippen LogP contribution is 2.63. The summed E-state index contributed by atoms with van der Waals surface area (Å²) in [7, 11) is 0. The summed E-state index contributed by atoms with van der Waals surface area (Å²) in [6, 6.07) is 6.49. The van der Waals surface area contributed by atoms with Crippen LogP contribution in [0.2, 0.25) is 0 Å². The van der Waals surface area contributed by atoms with Crippen LogP contribution in [0, 0.1) is 11.7 Å². The number of carbonyl (C=O) groups is 1. The average molecular weight is 349 g/mol. The van der Waals surface area contributed by atoms with Gasteiger partial charge in [0.2, 0.25) is 0 Å². The second-order valence-electron chi connectivity index (χ2n) is 7.95. The lowest BCUT2D eigenvalue weighted by atomic mass is 9.56. The van der Waals surface area contributed by atoms with Gasteiger partial charge in [-0.3, -0.25) is 4.84 Å². The molecule has 0 saturated carbocycles. The molecule has 1 aromatic carbocycles. The van der Waals surface area contributed by atoms with Gasteiger partial charge >= 0.3 is 5.97 Å². The second-order valence-corrected chi connectivity index (χ2v) is 7.95. The first-order valence-corrected chi connectivity index (χ1v) is 8.83. The predicted octanol–water partition coefficient (Wildman–Crippen LogP) is 2.48. The number of benzene rings is 1. The van der Waals surface area contributed by atoms with Gasteiger partial charge in [0.05, 0.1) is 31.0 Å². The fraction of sp³-hybridized carbons (Fsp3) is 0.632. The quantitative estimate of drug-likeness (QED) is 0.782. The molecule has 2 unspecified atom stereocenters. The van der Waals surface area contributed by atoms with E-state index in [0.717, 1.165) is 5.56 Å². The first-order chi connectivity index (χ1) is 11.8. The highest BCUT2D eigenvalue weighted by molar-refractivity contribution is 5.84. The molecule has 1 aromatic rings. The molecule has 0 N–H and O–H groups in total. The third kappa shape index (κ3) is 2.27. The van der Waals surface area contributed by atoms with E-state index in [1.54, 1.807) is 12.1 Å². The molecule has 0 aromatic heterocycles. The SMILES string of the molecule is CCOC(=O)C12CC(C)(C)ON1C1(COC1)C2Cc1ccc(F)cc1. The van der Waals surface area contributed by atoms with Gasteiger partial charge in [-0.05, 0) is 44.9 Å². The van der Waals surface area contributed by atoms with Crippen molar-refractivity contribution in [2.45, 2.75) is 50.3 Å². The smallest absolute Gasteiger partial charge is 0.329 e. The van der Waals surface area contributed by atoms with Gasteiger partial charge in [-0.15, -0.1) is 0 Å². The van der Waals surface area contributed by atoms with Crippen molar-refractivity contribution in [3.8, 4) is 0 Å². The molecule has 0 amide bonds. The van der Waals surface area contributed by atoms with Gasteiger partial charge < -0.3 is 9.47 Å². The number of hydroxylamine groups is 2. The Morgan fingerprint density at radius 3 is 2.56 bits per heavy atom. The van der Waals surface area contributed by atoms with Crippen LogP contribution >= 0.6 is 0 Å². The van der Waals surface area contributed by atoms with Crippen molar-refractivity contribution in [1.82, 2.24) is 5.06 Å². The molecule has 3 aliphatic rings. The van der Waals surface area contributed by atoms with E-state index in [0.29, 0.717) is 32.7 Å². The maximum absolute atomic E-state index is 13.2. The summed E-state index contributed by atoms with van der Waals surface area (Å²) in [5, 5.41) is 1.86. The van der Waals surface area contributed by atoms with Gasteiger partial charge in [0, 0.05) is 12.3 Å². The molecular formula is C19H24FNO4. The Morgan fingerprint density at radius 2 is 2.00 bits per heavy atom. The van der Waals surface area contributed by atoms with Crippen LogP contribution < -0.4 is 0 Å². The number of halogens is 1. The summed E-state index contributed by atoms with van der Waals surface area (Å²) in [4.78, 5) is 19.1. The minimum Gasteiger partial charge on any atom is -0.465 e. The van der Waals surface area contributed by atoms with Crippen LogP contribution in [0.5, 0.6) is 0 Å². The van der Waals surface area contributed by atoms with E-state index < -0.39 is 11.1 Å². The Morgan fingerprint density at radius 1 is 1.32 bits per heavy atom. The number of carbonyl (C=O) groups excluding carboxylic acids is 1. The van der Waals surface area contributed by atoms with E-state index in [1.165, 1.54) is 12.1 Å². The summed E-state index contributed by atoms with van der Waals surface area (Å²) in [5.74, 6) is -0.476. The molecule has 0 bridgehead atoms. The maximum Gasteiger partial charge on any atom is 0.329 e. The molecule has 0 aliphatic carbocycles. The molecule has 6 heteroatoms. The number of rotatable bonds is 4. The molecule has 3 fully saturated rings. The van der Waals surface area contributed by atoms with Crippen LogP contribution in [0.3, 0.4) is 0 Å². The third-order valence-corrected chi connectivity index (χ3v) is 5.71. The largest absolute Gasteiger partial charge is 0.465 e. The molecule has 1 spiro atoms. The molecule has 136 valence electrons. The van der Waals surface area contributed by atoms with Gasteiger partial charge in [-0.2, -0.15) is 5.06 Å². The lowest BCUT2D eigenvalue weighted by Gasteiger charge is -2.68. The van der Waals surface area contributed by atoms with Crippen LogP contribution in [-0.4, -0.2) is 47.5 Å². The topological polar surface area (TPSA) is 48.0 Å². The van der Waals surface area contributed by atoms with Crippen LogP contribution in [0.4, 0.5) is 4.39 Å². The number of nitrogens with zero attached hydrogens (tertiary/aromatic N) is 1. The zero-order valence-electron chi connectivity index (χ0n) is 14.9. The van der Waals surface area contributed by atoms with Crippen LogP contribution in [0.1, 0.15) is 32.8 Å². The van der Waals surface area contributed by atoms with Crippen molar-refractivity contribution >= 4 is 5.97 Å². The van der Waals surface area contributed by atoms with Crippen molar-refractivity contribution in [3.05, 3.63) is 35.6 Å². The number of fused-ring (bicyclic) bond motifs is 2. The molecule has 4 rings (SSSR count). The number of hydrogen-bond donors (Lipinski definition) is 0. The van der Waals surface area contributed by atoms with Crippen LogP contribution in [-0.2, 0) is 25.5 Å². The fourth-order valence-electron chi connectivity index (χ4n) is 4.75. The molecular weight excluding hydrogens is 325 g/mol. The Balaban J connectivity index is 1.71. The van der Waals surface area contributed by atoms with E-state index in [2.05, 4.69) is 0 Å². The Bertz CT molecular complexity index is 685. The molecule has 0 radical (unpaired) electrons. The van der Waals surface area contributed by atoms with E-state index in [1.807, 2.05) is 25.8 Å². The van der Waals surface area contributed by atoms with Gasteiger partial charge in [0.25, 0.3) is 0 Å². The van der Waals surface area contributed by atoms with Crippen LogP contribution in [0.25, 0.3) is 0 Å². The molecule has 3 aliphatic heterocycles.